The monoisotopic (exact) mass is 234 g/mol. The fourth-order valence-corrected chi connectivity index (χ4v) is 1.69. The third kappa shape index (κ3) is 1.91. The number of benzene rings is 1. The number of rotatable bonds is 2. The summed E-state index contributed by atoms with van der Waals surface area (Å²) >= 11 is 0. The molecule has 0 saturated heterocycles. The second-order valence-electron chi connectivity index (χ2n) is 3.68. The number of pyridine rings is 1. The number of methoxy groups -OCH3 is 1. The van der Waals surface area contributed by atoms with Gasteiger partial charge in [0.2, 0.25) is 5.91 Å². The average Bonchev–Trinajstić information content (AvgIpc) is 2.28. The molecule has 0 aliphatic heterocycles. The molecule has 0 spiro atoms. The number of aryl methyl sites for hydroxylation is 1. The molecule has 5 heteroatoms. The number of ether oxygens (including phenoxy) is 1. The highest BCUT2D eigenvalue weighted by Gasteiger charge is 2.12. The molecule has 1 heterocycles. The molecule has 0 aliphatic rings. The van der Waals surface area contributed by atoms with E-state index in [1.807, 2.05) is 0 Å². The Labute approximate surface area is 97.2 Å². The number of amides is 1. The summed E-state index contributed by atoms with van der Waals surface area (Å²) in [5, 5.41) is 0.437. The highest BCUT2D eigenvalue weighted by atomic mass is 19.1. The van der Waals surface area contributed by atoms with Crippen molar-refractivity contribution in [2.75, 3.05) is 7.11 Å². The fraction of sp³-hybridized carbons (Fsp3) is 0.167. The summed E-state index contributed by atoms with van der Waals surface area (Å²) in [7, 11) is 1.48. The number of primary amides is 1. The predicted molar refractivity (Wildman–Crippen MR) is 61.5 cm³/mol. The Kier molecular flexibility index (Phi) is 2.67. The summed E-state index contributed by atoms with van der Waals surface area (Å²) in [5.41, 5.74) is 6.04. The van der Waals surface area contributed by atoms with E-state index in [-0.39, 0.29) is 11.1 Å². The fourth-order valence-electron chi connectivity index (χ4n) is 1.69. The molecule has 1 aromatic heterocycles. The van der Waals surface area contributed by atoms with Crippen molar-refractivity contribution in [3.63, 3.8) is 0 Å². The van der Waals surface area contributed by atoms with Gasteiger partial charge in [-0.15, -0.1) is 0 Å². The predicted octanol–water partition coefficient (Wildman–Crippen LogP) is 1.79. The molecular formula is C12H11FN2O2. The molecule has 0 atom stereocenters. The van der Waals surface area contributed by atoms with Crippen LogP contribution < -0.4 is 10.5 Å². The van der Waals surface area contributed by atoms with Gasteiger partial charge in [-0.1, -0.05) is 0 Å². The van der Waals surface area contributed by atoms with Gasteiger partial charge in [0.15, 0.2) is 0 Å². The van der Waals surface area contributed by atoms with Crippen LogP contribution in [0.4, 0.5) is 4.39 Å². The van der Waals surface area contributed by atoms with Crippen molar-refractivity contribution < 1.29 is 13.9 Å². The second-order valence-corrected chi connectivity index (χ2v) is 3.68. The van der Waals surface area contributed by atoms with Crippen molar-refractivity contribution >= 4 is 16.8 Å². The minimum absolute atomic E-state index is 0.0963. The molecular weight excluding hydrogens is 223 g/mol. The van der Waals surface area contributed by atoms with Gasteiger partial charge in [-0.05, 0) is 19.1 Å². The number of fused-ring (bicyclic) bond motifs is 1. The number of nitrogens with zero attached hydrogens (tertiary/aromatic N) is 1. The summed E-state index contributed by atoms with van der Waals surface area (Å²) < 4.78 is 18.9. The van der Waals surface area contributed by atoms with E-state index in [9.17, 15) is 9.18 Å². The van der Waals surface area contributed by atoms with Crippen LogP contribution in [0.3, 0.4) is 0 Å². The van der Waals surface area contributed by atoms with E-state index in [1.54, 1.807) is 13.0 Å². The van der Waals surface area contributed by atoms with E-state index >= 15 is 0 Å². The zero-order chi connectivity index (χ0) is 12.6. The van der Waals surface area contributed by atoms with Gasteiger partial charge in [-0.3, -0.25) is 4.79 Å². The lowest BCUT2D eigenvalue weighted by Crippen LogP contribution is -2.11. The van der Waals surface area contributed by atoms with Gasteiger partial charge in [0.25, 0.3) is 0 Å². The Morgan fingerprint density at radius 3 is 2.71 bits per heavy atom. The summed E-state index contributed by atoms with van der Waals surface area (Å²) in [5.74, 6) is -0.804. The number of nitrogens with two attached hydrogens (primary N) is 1. The molecule has 0 saturated carbocycles. The van der Waals surface area contributed by atoms with Crippen LogP contribution in [0.5, 0.6) is 5.75 Å². The van der Waals surface area contributed by atoms with Crippen LogP contribution in [0, 0.1) is 12.7 Å². The maximum Gasteiger partial charge on any atom is 0.248 e. The number of hydrogen-bond acceptors (Lipinski definition) is 3. The third-order valence-electron chi connectivity index (χ3n) is 2.46. The van der Waals surface area contributed by atoms with Crippen LogP contribution in [0.1, 0.15) is 16.1 Å². The first kappa shape index (κ1) is 11.3. The average molecular weight is 234 g/mol. The maximum absolute atomic E-state index is 13.8. The Morgan fingerprint density at radius 2 is 2.12 bits per heavy atom. The highest BCUT2D eigenvalue weighted by molar-refractivity contribution is 5.98. The van der Waals surface area contributed by atoms with Gasteiger partial charge >= 0.3 is 0 Å². The van der Waals surface area contributed by atoms with Crippen LogP contribution in [0.15, 0.2) is 18.2 Å². The molecule has 17 heavy (non-hydrogen) atoms. The van der Waals surface area contributed by atoms with Crippen molar-refractivity contribution in [1.82, 2.24) is 4.98 Å². The normalized spacial score (nSPS) is 10.5. The van der Waals surface area contributed by atoms with Gasteiger partial charge in [-0.25, -0.2) is 9.37 Å². The molecule has 2 rings (SSSR count). The number of carbonyl (C=O) groups excluding carboxylic acids is 1. The van der Waals surface area contributed by atoms with Crippen LogP contribution in [0.25, 0.3) is 10.9 Å². The first-order valence-electron chi connectivity index (χ1n) is 4.97. The van der Waals surface area contributed by atoms with Crippen molar-refractivity contribution in [3.8, 4) is 5.75 Å². The van der Waals surface area contributed by atoms with E-state index in [0.29, 0.717) is 16.8 Å². The molecule has 0 radical (unpaired) electrons. The summed E-state index contributed by atoms with van der Waals surface area (Å²) in [6.07, 6.45) is 0. The Balaban J connectivity index is 2.86. The van der Waals surface area contributed by atoms with E-state index in [0.717, 1.165) is 6.07 Å². The molecule has 0 aliphatic carbocycles. The number of aromatic nitrogens is 1. The van der Waals surface area contributed by atoms with Crippen LogP contribution in [-0.4, -0.2) is 18.0 Å². The first-order chi connectivity index (χ1) is 8.02. The SMILES string of the molecule is COc1cc(C)nc2c(F)cc(C(N)=O)cc12. The van der Waals surface area contributed by atoms with Crippen molar-refractivity contribution in [2.45, 2.75) is 6.92 Å². The number of hydrogen-bond donors (Lipinski definition) is 1. The lowest BCUT2D eigenvalue weighted by Gasteiger charge is -2.08. The number of carbonyl (C=O) groups is 1. The van der Waals surface area contributed by atoms with E-state index in [2.05, 4.69) is 4.98 Å². The molecule has 0 unspecified atom stereocenters. The van der Waals surface area contributed by atoms with Gasteiger partial charge < -0.3 is 10.5 Å². The Hall–Kier alpha value is -2.17. The van der Waals surface area contributed by atoms with E-state index in [1.165, 1.54) is 13.2 Å². The number of halogens is 1. The lowest BCUT2D eigenvalue weighted by atomic mass is 10.1. The zero-order valence-corrected chi connectivity index (χ0v) is 9.45. The molecule has 88 valence electrons. The van der Waals surface area contributed by atoms with Gasteiger partial charge in [-0.2, -0.15) is 0 Å². The standard InChI is InChI=1S/C12H11FN2O2/c1-6-3-10(17-2)8-4-7(12(14)16)5-9(13)11(8)15-6/h3-5H,1-2H3,(H2,14,16). The highest BCUT2D eigenvalue weighted by Crippen LogP contribution is 2.28. The first-order valence-corrected chi connectivity index (χ1v) is 4.97. The molecule has 2 N–H and O–H groups in total. The summed E-state index contributed by atoms with van der Waals surface area (Å²) in [6.45, 7) is 1.74. The lowest BCUT2D eigenvalue weighted by molar-refractivity contribution is 0.1000. The zero-order valence-electron chi connectivity index (χ0n) is 9.45. The van der Waals surface area contributed by atoms with Crippen LogP contribution in [-0.2, 0) is 0 Å². The van der Waals surface area contributed by atoms with Crippen molar-refractivity contribution in [1.29, 1.82) is 0 Å². The molecule has 2 aromatic rings. The minimum Gasteiger partial charge on any atom is -0.496 e. The molecule has 4 nitrogen and oxygen atoms in total. The van der Waals surface area contributed by atoms with Crippen molar-refractivity contribution in [2.24, 2.45) is 5.73 Å². The Morgan fingerprint density at radius 1 is 1.41 bits per heavy atom. The second kappa shape index (κ2) is 4.01. The van der Waals surface area contributed by atoms with Crippen LogP contribution >= 0.6 is 0 Å². The van der Waals surface area contributed by atoms with Gasteiger partial charge in [0, 0.05) is 22.7 Å². The third-order valence-corrected chi connectivity index (χ3v) is 2.46. The van der Waals surface area contributed by atoms with Crippen LogP contribution in [0.2, 0.25) is 0 Å². The van der Waals surface area contributed by atoms with E-state index in [4.69, 9.17) is 10.5 Å². The summed E-state index contributed by atoms with van der Waals surface area (Å²) in [6, 6.07) is 4.23. The maximum atomic E-state index is 13.8. The van der Waals surface area contributed by atoms with Gasteiger partial charge in [0.1, 0.15) is 17.1 Å². The largest absolute Gasteiger partial charge is 0.496 e. The smallest absolute Gasteiger partial charge is 0.248 e. The quantitative estimate of drug-likeness (QED) is 0.861. The van der Waals surface area contributed by atoms with Crippen molar-refractivity contribution in [3.05, 3.63) is 35.3 Å². The molecule has 1 aromatic carbocycles. The summed E-state index contributed by atoms with van der Waals surface area (Å²) in [4.78, 5) is 15.1. The molecule has 1 amide bonds. The van der Waals surface area contributed by atoms with E-state index < -0.39 is 11.7 Å². The molecule has 0 bridgehead atoms. The van der Waals surface area contributed by atoms with Gasteiger partial charge in [0.05, 0.1) is 7.11 Å². The Bertz CT molecular complexity index is 611. The topological polar surface area (TPSA) is 65.2 Å². The minimum atomic E-state index is -0.687. The molecule has 0 fully saturated rings.